The maximum atomic E-state index is 13.1. The van der Waals surface area contributed by atoms with Crippen molar-refractivity contribution in [3.63, 3.8) is 0 Å². The standard InChI is InChI=1S/C13H15F3OS/c1-13(15,16)9-11(14)7-8-18-12(17)10-5-3-2-4-6-10/h2-6,11H,7-9H2,1H3. The van der Waals surface area contributed by atoms with Crippen LogP contribution in [0.2, 0.25) is 0 Å². The van der Waals surface area contributed by atoms with Crippen molar-refractivity contribution in [1.29, 1.82) is 0 Å². The van der Waals surface area contributed by atoms with Gasteiger partial charge in [-0.2, -0.15) is 0 Å². The van der Waals surface area contributed by atoms with E-state index in [1.165, 1.54) is 0 Å². The first kappa shape index (κ1) is 15.1. The predicted molar refractivity (Wildman–Crippen MR) is 68.0 cm³/mol. The van der Waals surface area contributed by atoms with Crippen molar-refractivity contribution in [3.05, 3.63) is 35.9 Å². The van der Waals surface area contributed by atoms with E-state index in [2.05, 4.69) is 0 Å². The molecule has 1 aromatic carbocycles. The molecule has 0 saturated carbocycles. The first-order chi connectivity index (χ1) is 8.38. The summed E-state index contributed by atoms with van der Waals surface area (Å²) in [6, 6.07) is 8.61. The van der Waals surface area contributed by atoms with Gasteiger partial charge in [-0.05, 0) is 13.3 Å². The Bertz CT molecular complexity index is 376. The molecule has 1 nitrogen and oxygen atoms in total. The van der Waals surface area contributed by atoms with Crippen LogP contribution in [0.5, 0.6) is 0 Å². The number of carbonyl (C=O) groups is 1. The van der Waals surface area contributed by atoms with E-state index in [0.717, 1.165) is 11.8 Å². The molecule has 0 fully saturated rings. The smallest absolute Gasteiger partial charge is 0.248 e. The Morgan fingerprint density at radius 3 is 2.50 bits per heavy atom. The van der Waals surface area contributed by atoms with E-state index < -0.39 is 18.5 Å². The quantitative estimate of drug-likeness (QED) is 0.769. The number of hydrogen-bond acceptors (Lipinski definition) is 2. The zero-order valence-corrected chi connectivity index (χ0v) is 10.9. The number of benzene rings is 1. The Kier molecular flexibility index (Phi) is 5.72. The van der Waals surface area contributed by atoms with Crippen LogP contribution in [0.15, 0.2) is 30.3 Å². The lowest BCUT2D eigenvalue weighted by Crippen LogP contribution is -2.18. The van der Waals surface area contributed by atoms with Gasteiger partial charge in [0.2, 0.25) is 11.0 Å². The Labute approximate surface area is 109 Å². The van der Waals surface area contributed by atoms with E-state index in [1.807, 2.05) is 0 Å². The van der Waals surface area contributed by atoms with E-state index in [0.29, 0.717) is 12.5 Å². The Balaban J connectivity index is 2.28. The zero-order valence-electron chi connectivity index (χ0n) is 10.0. The highest BCUT2D eigenvalue weighted by Gasteiger charge is 2.26. The highest BCUT2D eigenvalue weighted by Crippen LogP contribution is 2.23. The molecule has 100 valence electrons. The molecule has 0 aromatic heterocycles. The highest BCUT2D eigenvalue weighted by molar-refractivity contribution is 8.14. The molecule has 0 radical (unpaired) electrons. The molecule has 0 heterocycles. The maximum Gasteiger partial charge on any atom is 0.248 e. The molecule has 0 spiro atoms. The molecule has 5 heteroatoms. The van der Waals surface area contributed by atoms with Gasteiger partial charge in [0.05, 0.1) is 0 Å². The fraction of sp³-hybridized carbons (Fsp3) is 0.462. The van der Waals surface area contributed by atoms with Gasteiger partial charge in [0.15, 0.2) is 0 Å². The first-order valence-corrected chi connectivity index (χ1v) is 6.61. The van der Waals surface area contributed by atoms with Crippen molar-refractivity contribution in [1.82, 2.24) is 0 Å². The minimum absolute atomic E-state index is 0.0350. The van der Waals surface area contributed by atoms with E-state index in [1.54, 1.807) is 30.3 Å². The summed E-state index contributed by atoms with van der Waals surface area (Å²) in [4.78, 5) is 11.6. The summed E-state index contributed by atoms with van der Waals surface area (Å²) in [6.45, 7) is 0.696. The normalized spacial score (nSPS) is 13.3. The summed E-state index contributed by atoms with van der Waals surface area (Å²) in [6.07, 6.45) is -2.39. The SMILES string of the molecule is CC(F)(F)CC(F)CCSC(=O)c1ccccc1. The first-order valence-electron chi connectivity index (χ1n) is 5.62. The van der Waals surface area contributed by atoms with Gasteiger partial charge in [-0.25, -0.2) is 13.2 Å². The predicted octanol–water partition coefficient (Wildman–Crippen LogP) is 4.33. The van der Waals surface area contributed by atoms with Crippen molar-refractivity contribution < 1.29 is 18.0 Å². The molecule has 1 rings (SSSR count). The summed E-state index contributed by atoms with van der Waals surface area (Å²) in [5, 5.41) is -0.161. The van der Waals surface area contributed by atoms with E-state index in [-0.39, 0.29) is 17.3 Å². The van der Waals surface area contributed by atoms with Crippen molar-refractivity contribution in [2.45, 2.75) is 31.9 Å². The van der Waals surface area contributed by atoms with Gasteiger partial charge in [0, 0.05) is 17.7 Å². The summed E-state index contributed by atoms with van der Waals surface area (Å²) < 4.78 is 38.2. The van der Waals surface area contributed by atoms with Crippen LogP contribution in [0.3, 0.4) is 0 Å². The van der Waals surface area contributed by atoms with Crippen LogP contribution in [-0.2, 0) is 0 Å². The number of alkyl halides is 3. The lowest BCUT2D eigenvalue weighted by atomic mass is 10.1. The van der Waals surface area contributed by atoms with Crippen molar-refractivity contribution >= 4 is 16.9 Å². The lowest BCUT2D eigenvalue weighted by Gasteiger charge is -2.13. The third-order valence-corrected chi connectivity index (χ3v) is 3.19. The monoisotopic (exact) mass is 276 g/mol. The van der Waals surface area contributed by atoms with Crippen LogP contribution < -0.4 is 0 Å². The minimum Gasteiger partial charge on any atom is -0.282 e. The van der Waals surface area contributed by atoms with Gasteiger partial charge in [-0.3, -0.25) is 4.79 Å². The van der Waals surface area contributed by atoms with Crippen LogP contribution in [0, 0.1) is 0 Å². The molecule has 0 aliphatic heterocycles. The molecule has 0 saturated heterocycles. The minimum atomic E-state index is -2.99. The molecule has 0 aliphatic rings. The Hall–Kier alpha value is -0.970. The second-order valence-electron chi connectivity index (χ2n) is 4.16. The molecule has 1 aromatic rings. The molecule has 0 N–H and O–H groups in total. The third-order valence-electron chi connectivity index (χ3n) is 2.25. The summed E-state index contributed by atoms with van der Waals surface area (Å²) >= 11 is 0.960. The average Bonchev–Trinajstić information content (AvgIpc) is 2.27. The highest BCUT2D eigenvalue weighted by atomic mass is 32.2. The number of rotatable bonds is 6. The number of carbonyl (C=O) groups excluding carboxylic acids is 1. The van der Waals surface area contributed by atoms with Gasteiger partial charge < -0.3 is 0 Å². The van der Waals surface area contributed by atoms with Crippen LogP contribution in [0.25, 0.3) is 0 Å². The van der Waals surface area contributed by atoms with Crippen molar-refractivity contribution in [2.75, 3.05) is 5.75 Å². The molecule has 0 bridgehead atoms. The topological polar surface area (TPSA) is 17.1 Å². The average molecular weight is 276 g/mol. The lowest BCUT2D eigenvalue weighted by molar-refractivity contribution is -0.00973. The summed E-state index contributed by atoms with van der Waals surface area (Å²) in [7, 11) is 0. The van der Waals surface area contributed by atoms with Crippen molar-refractivity contribution in [2.24, 2.45) is 0 Å². The van der Waals surface area contributed by atoms with Crippen LogP contribution in [0.4, 0.5) is 13.2 Å². The van der Waals surface area contributed by atoms with Gasteiger partial charge in [-0.15, -0.1) is 0 Å². The molecule has 0 aliphatic carbocycles. The molecule has 1 unspecified atom stereocenters. The van der Waals surface area contributed by atoms with Gasteiger partial charge in [-0.1, -0.05) is 42.1 Å². The fourth-order valence-electron chi connectivity index (χ4n) is 1.43. The number of thioether (sulfide) groups is 1. The molecule has 18 heavy (non-hydrogen) atoms. The van der Waals surface area contributed by atoms with Gasteiger partial charge >= 0.3 is 0 Å². The van der Waals surface area contributed by atoms with E-state index in [4.69, 9.17) is 0 Å². The largest absolute Gasteiger partial charge is 0.282 e. The number of hydrogen-bond donors (Lipinski definition) is 0. The maximum absolute atomic E-state index is 13.1. The van der Waals surface area contributed by atoms with Gasteiger partial charge in [0.25, 0.3) is 0 Å². The summed E-state index contributed by atoms with van der Waals surface area (Å²) in [5.41, 5.74) is 0.540. The molecular weight excluding hydrogens is 261 g/mol. The fourth-order valence-corrected chi connectivity index (χ4v) is 2.29. The Morgan fingerprint density at radius 2 is 1.94 bits per heavy atom. The molecule has 1 atom stereocenters. The molecular formula is C13H15F3OS. The van der Waals surface area contributed by atoms with Crippen LogP contribution in [-0.4, -0.2) is 23.0 Å². The zero-order chi connectivity index (χ0) is 13.6. The van der Waals surface area contributed by atoms with Gasteiger partial charge in [0.1, 0.15) is 6.17 Å². The van der Waals surface area contributed by atoms with E-state index >= 15 is 0 Å². The summed E-state index contributed by atoms with van der Waals surface area (Å²) in [5.74, 6) is -2.78. The van der Waals surface area contributed by atoms with Crippen molar-refractivity contribution in [3.8, 4) is 0 Å². The Morgan fingerprint density at radius 1 is 1.33 bits per heavy atom. The number of halogens is 3. The van der Waals surface area contributed by atoms with Crippen LogP contribution >= 0.6 is 11.8 Å². The van der Waals surface area contributed by atoms with Crippen LogP contribution in [0.1, 0.15) is 30.1 Å². The molecule has 0 amide bonds. The third kappa shape index (κ3) is 6.10. The van der Waals surface area contributed by atoms with E-state index in [9.17, 15) is 18.0 Å². The second kappa shape index (κ2) is 6.83. The second-order valence-corrected chi connectivity index (χ2v) is 5.23.